The van der Waals surface area contributed by atoms with Crippen LogP contribution >= 0.6 is 0 Å². The molecule has 0 aliphatic heterocycles. The smallest absolute Gasteiger partial charge is 0.330 e. The molecule has 0 spiro atoms. The van der Waals surface area contributed by atoms with Gasteiger partial charge in [0.15, 0.2) is 6.04 Å². The number of carboxylic acids is 1. The standard InChI is InChI=1S/C15H18FN3O2/c1-3-4-19-9-11(8-17-19)14(15(20)21)18-13-6-10(2)5-12(16)7-13/h5-9,14,18H,3-4H2,1-2H3,(H,20,21). The van der Waals surface area contributed by atoms with Crippen LogP contribution < -0.4 is 5.32 Å². The second kappa shape index (κ2) is 6.39. The van der Waals surface area contributed by atoms with E-state index in [0.717, 1.165) is 18.5 Å². The summed E-state index contributed by atoms with van der Waals surface area (Å²) in [6.07, 6.45) is 4.13. The molecule has 0 aliphatic rings. The summed E-state index contributed by atoms with van der Waals surface area (Å²) < 4.78 is 15.1. The highest BCUT2D eigenvalue weighted by Crippen LogP contribution is 2.21. The quantitative estimate of drug-likeness (QED) is 0.858. The number of anilines is 1. The van der Waals surface area contributed by atoms with E-state index in [9.17, 15) is 14.3 Å². The first-order chi connectivity index (χ1) is 9.99. The van der Waals surface area contributed by atoms with Crippen molar-refractivity contribution in [3.05, 3.63) is 47.5 Å². The Morgan fingerprint density at radius 1 is 1.48 bits per heavy atom. The molecule has 2 N–H and O–H groups in total. The van der Waals surface area contributed by atoms with Gasteiger partial charge in [0.05, 0.1) is 6.20 Å². The van der Waals surface area contributed by atoms with Crippen LogP contribution in [0.2, 0.25) is 0 Å². The van der Waals surface area contributed by atoms with Gasteiger partial charge in [0, 0.05) is 24.0 Å². The predicted octanol–water partition coefficient (Wildman–Crippen LogP) is 2.98. The molecule has 5 nitrogen and oxygen atoms in total. The van der Waals surface area contributed by atoms with Crippen molar-refractivity contribution in [3.8, 4) is 0 Å². The first-order valence-corrected chi connectivity index (χ1v) is 6.78. The Morgan fingerprint density at radius 3 is 2.86 bits per heavy atom. The van der Waals surface area contributed by atoms with Gasteiger partial charge >= 0.3 is 5.97 Å². The molecule has 0 amide bonds. The first kappa shape index (κ1) is 15.0. The first-order valence-electron chi connectivity index (χ1n) is 6.78. The fraction of sp³-hybridized carbons (Fsp3) is 0.333. The van der Waals surface area contributed by atoms with Crippen LogP contribution in [0.25, 0.3) is 0 Å². The largest absolute Gasteiger partial charge is 0.479 e. The summed E-state index contributed by atoms with van der Waals surface area (Å²) in [5.41, 5.74) is 1.70. The number of carbonyl (C=O) groups is 1. The maximum absolute atomic E-state index is 13.4. The van der Waals surface area contributed by atoms with Crippen LogP contribution in [0.5, 0.6) is 0 Å². The predicted molar refractivity (Wildman–Crippen MR) is 77.7 cm³/mol. The summed E-state index contributed by atoms with van der Waals surface area (Å²) in [5, 5.41) is 16.3. The zero-order valence-electron chi connectivity index (χ0n) is 12.0. The van der Waals surface area contributed by atoms with Crippen LogP contribution in [-0.2, 0) is 11.3 Å². The van der Waals surface area contributed by atoms with E-state index >= 15 is 0 Å². The Morgan fingerprint density at radius 2 is 2.24 bits per heavy atom. The Hall–Kier alpha value is -2.37. The fourth-order valence-electron chi connectivity index (χ4n) is 2.15. The van der Waals surface area contributed by atoms with Crippen molar-refractivity contribution < 1.29 is 14.3 Å². The number of halogens is 1. The molecule has 0 bridgehead atoms. The number of nitrogens with one attached hydrogen (secondary N) is 1. The van der Waals surface area contributed by atoms with Crippen molar-refractivity contribution in [1.82, 2.24) is 9.78 Å². The minimum atomic E-state index is -1.03. The molecule has 1 heterocycles. The van der Waals surface area contributed by atoms with Gasteiger partial charge in [-0.05, 0) is 37.1 Å². The molecular weight excluding hydrogens is 273 g/mol. The van der Waals surface area contributed by atoms with Crippen molar-refractivity contribution >= 4 is 11.7 Å². The van der Waals surface area contributed by atoms with E-state index in [1.165, 1.54) is 18.3 Å². The lowest BCUT2D eigenvalue weighted by molar-refractivity contribution is -0.138. The minimum Gasteiger partial charge on any atom is -0.479 e. The van der Waals surface area contributed by atoms with Gasteiger partial charge in [-0.15, -0.1) is 0 Å². The van der Waals surface area contributed by atoms with Crippen LogP contribution in [0.3, 0.4) is 0 Å². The molecular formula is C15H18FN3O2. The van der Waals surface area contributed by atoms with Crippen molar-refractivity contribution in [2.45, 2.75) is 32.9 Å². The molecule has 1 unspecified atom stereocenters. The second-order valence-corrected chi connectivity index (χ2v) is 4.97. The van der Waals surface area contributed by atoms with Gasteiger partial charge in [-0.2, -0.15) is 5.10 Å². The highest BCUT2D eigenvalue weighted by atomic mass is 19.1. The van der Waals surface area contributed by atoms with Crippen LogP contribution in [0.4, 0.5) is 10.1 Å². The number of aromatic nitrogens is 2. The van der Waals surface area contributed by atoms with Gasteiger partial charge in [0.25, 0.3) is 0 Å². The Kier molecular flexibility index (Phi) is 4.57. The van der Waals surface area contributed by atoms with Gasteiger partial charge in [0.2, 0.25) is 0 Å². The molecule has 2 rings (SSSR count). The number of nitrogens with zero attached hydrogens (tertiary/aromatic N) is 2. The van der Waals surface area contributed by atoms with Gasteiger partial charge in [-0.25, -0.2) is 9.18 Å². The molecule has 1 aromatic heterocycles. The number of carboxylic acid groups (broad SMARTS) is 1. The number of rotatable bonds is 6. The van der Waals surface area contributed by atoms with Crippen molar-refractivity contribution in [3.63, 3.8) is 0 Å². The SMILES string of the molecule is CCCn1cc(C(Nc2cc(C)cc(F)c2)C(=O)O)cn1. The molecule has 0 radical (unpaired) electrons. The van der Waals surface area contributed by atoms with Gasteiger partial charge in [-0.1, -0.05) is 6.92 Å². The molecule has 0 fully saturated rings. The molecule has 2 aromatic rings. The third kappa shape index (κ3) is 3.81. The molecule has 21 heavy (non-hydrogen) atoms. The number of benzene rings is 1. The van der Waals surface area contributed by atoms with Crippen molar-refractivity contribution in [1.29, 1.82) is 0 Å². The molecule has 0 saturated carbocycles. The number of hydrogen-bond donors (Lipinski definition) is 2. The van der Waals surface area contributed by atoms with E-state index in [0.29, 0.717) is 11.3 Å². The molecule has 1 aromatic carbocycles. The van der Waals surface area contributed by atoms with Crippen molar-refractivity contribution in [2.75, 3.05) is 5.32 Å². The monoisotopic (exact) mass is 291 g/mol. The summed E-state index contributed by atoms with van der Waals surface area (Å²) in [7, 11) is 0. The second-order valence-electron chi connectivity index (χ2n) is 4.97. The third-order valence-corrected chi connectivity index (χ3v) is 3.04. The normalized spacial score (nSPS) is 12.1. The Bertz CT molecular complexity index is 619. The summed E-state index contributed by atoms with van der Waals surface area (Å²) in [6, 6.07) is 3.41. The van der Waals surface area contributed by atoms with Gasteiger partial charge in [0.1, 0.15) is 5.82 Å². The zero-order chi connectivity index (χ0) is 15.4. The summed E-state index contributed by atoms with van der Waals surface area (Å²) in [6.45, 7) is 4.50. The van der Waals surface area contributed by atoms with E-state index in [4.69, 9.17) is 0 Å². The third-order valence-electron chi connectivity index (χ3n) is 3.04. The van der Waals surface area contributed by atoms with Gasteiger partial charge in [-0.3, -0.25) is 4.68 Å². The highest BCUT2D eigenvalue weighted by molar-refractivity contribution is 5.79. The maximum Gasteiger partial charge on any atom is 0.330 e. The molecule has 112 valence electrons. The summed E-state index contributed by atoms with van der Waals surface area (Å²) in [4.78, 5) is 11.4. The zero-order valence-corrected chi connectivity index (χ0v) is 12.0. The van der Waals surface area contributed by atoms with E-state index in [2.05, 4.69) is 10.4 Å². The van der Waals surface area contributed by atoms with E-state index in [-0.39, 0.29) is 0 Å². The van der Waals surface area contributed by atoms with Crippen LogP contribution in [-0.4, -0.2) is 20.9 Å². The van der Waals surface area contributed by atoms with Gasteiger partial charge < -0.3 is 10.4 Å². The molecule has 0 saturated heterocycles. The lowest BCUT2D eigenvalue weighted by Gasteiger charge is -2.15. The summed E-state index contributed by atoms with van der Waals surface area (Å²) >= 11 is 0. The molecule has 0 aliphatic carbocycles. The molecule has 1 atom stereocenters. The van der Waals surface area contributed by atoms with Crippen LogP contribution in [0, 0.1) is 12.7 Å². The lowest BCUT2D eigenvalue weighted by Crippen LogP contribution is -2.20. The fourth-order valence-corrected chi connectivity index (χ4v) is 2.15. The average Bonchev–Trinajstić information content (AvgIpc) is 2.83. The highest BCUT2D eigenvalue weighted by Gasteiger charge is 2.21. The van der Waals surface area contributed by atoms with E-state index in [1.54, 1.807) is 23.9 Å². The van der Waals surface area contributed by atoms with E-state index < -0.39 is 17.8 Å². The van der Waals surface area contributed by atoms with Crippen molar-refractivity contribution in [2.24, 2.45) is 0 Å². The Balaban J connectivity index is 2.24. The van der Waals surface area contributed by atoms with E-state index in [1.807, 2.05) is 6.92 Å². The van der Waals surface area contributed by atoms with Crippen LogP contribution in [0.15, 0.2) is 30.6 Å². The summed E-state index contributed by atoms with van der Waals surface area (Å²) in [5.74, 6) is -1.43. The Labute approximate surface area is 122 Å². The maximum atomic E-state index is 13.4. The topological polar surface area (TPSA) is 67.2 Å². The lowest BCUT2D eigenvalue weighted by atomic mass is 10.1. The average molecular weight is 291 g/mol. The minimum absolute atomic E-state index is 0.400. The number of aryl methyl sites for hydroxylation is 2. The number of aliphatic carboxylic acids is 1. The van der Waals surface area contributed by atoms with Crippen LogP contribution in [0.1, 0.15) is 30.5 Å². The molecule has 6 heteroatoms. The number of hydrogen-bond acceptors (Lipinski definition) is 3.